The van der Waals surface area contributed by atoms with Crippen LogP contribution in [0.3, 0.4) is 0 Å². The van der Waals surface area contributed by atoms with Crippen LogP contribution in [0.15, 0.2) is 48.5 Å². The Labute approximate surface area is 221 Å². The molecule has 0 unspecified atom stereocenters. The monoisotopic (exact) mass is 522 g/mol. The molecule has 0 radical (unpaired) electrons. The van der Waals surface area contributed by atoms with Gasteiger partial charge in [-0.2, -0.15) is 0 Å². The second-order valence-corrected chi connectivity index (χ2v) is 10.8. The van der Waals surface area contributed by atoms with Gasteiger partial charge in [-0.1, -0.05) is 42.5 Å². The number of nitrogens with two attached hydrogens (primary N) is 1. The number of β-amino-alcohol motifs (C(OH)–C–C–N with tert-alkyl or cyclic N) is 1. The van der Waals surface area contributed by atoms with E-state index in [0.29, 0.717) is 11.3 Å². The first-order valence-corrected chi connectivity index (χ1v) is 12.6. The predicted molar refractivity (Wildman–Crippen MR) is 141 cm³/mol. The fraction of sp³-hybridized carbons (Fsp3) is 0.429. The molecular weight excluding hydrogens is 488 g/mol. The fourth-order valence-corrected chi connectivity index (χ4v) is 5.10. The standard InChI is InChI=1S/C28H34N4O6/c1-16(24(29)34)32(25(35)22-14-17(33)15-31(22)27(37)38-28(2,3)4)23-20-12-7-6-10-18(20)19-11-8-9-13-21(19)30(5)26(23)36/h6-13,16-17,22-23,33H,14-15H2,1-5H3,(H2,29,34)/t16-,17+,22-,23-/m0/s1. The number of ether oxygens (including phenoxy) is 1. The van der Waals surface area contributed by atoms with E-state index in [1.807, 2.05) is 36.4 Å². The van der Waals surface area contributed by atoms with Gasteiger partial charge in [0.15, 0.2) is 0 Å². The van der Waals surface area contributed by atoms with Gasteiger partial charge in [0, 0.05) is 19.0 Å². The molecular formula is C28H34N4O6. The Kier molecular flexibility index (Phi) is 7.20. The normalized spacial score (nSPS) is 21.7. The van der Waals surface area contributed by atoms with Gasteiger partial charge in [0.1, 0.15) is 23.7 Å². The zero-order valence-electron chi connectivity index (χ0n) is 22.2. The van der Waals surface area contributed by atoms with E-state index in [2.05, 4.69) is 0 Å². The van der Waals surface area contributed by atoms with Gasteiger partial charge in [0.25, 0.3) is 5.91 Å². The molecule has 4 atom stereocenters. The summed E-state index contributed by atoms with van der Waals surface area (Å²) in [4.78, 5) is 57.6. The number of benzene rings is 2. The minimum atomic E-state index is -1.21. The first-order valence-electron chi connectivity index (χ1n) is 12.6. The van der Waals surface area contributed by atoms with Gasteiger partial charge in [-0.05, 0) is 44.9 Å². The van der Waals surface area contributed by atoms with Gasteiger partial charge < -0.3 is 25.4 Å². The van der Waals surface area contributed by atoms with E-state index >= 15 is 0 Å². The van der Waals surface area contributed by atoms with E-state index in [-0.39, 0.29) is 13.0 Å². The third-order valence-corrected chi connectivity index (χ3v) is 6.93. The summed E-state index contributed by atoms with van der Waals surface area (Å²) in [5.74, 6) is -1.92. The van der Waals surface area contributed by atoms with Crippen LogP contribution >= 0.6 is 0 Å². The van der Waals surface area contributed by atoms with Crippen LogP contribution in [0.25, 0.3) is 11.1 Å². The number of aliphatic hydroxyl groups excluding tert-OH is 1. The van der Waals surface area contributed by atoms with Crippen molar-refractivity contribution in [1.29, 1.82) is 0 Å². The topological polar surface area (TPSA) is 133 Å². The number of aliphatic hydroxyl groups is 1. The van der Waals surface area contributed by atoms with Crippen molar-refractivity contribution in [2.75, 3.05) is 18.5 Å². The van der Waals surface area contributed by atoms with E-state index in [1.165, 1.54) is 11.8 Å². The molecule has 4 amide bonds. The number of carbonyl (C=O) groups is 4. The highest BCUT2D eigenvalue weighted by molar-refractivity contribution is 6.07. The molecule has 2 aromatic rings. The molecule has 10 nitrogen and oxygen atoms in total. The highest BCUT2D eigenvalue weighted by atomic mass is 16.6. The maximum atomic E-state index is 14.3. The van der Waals surface area contributed by atoms with E-state index in [1.54, 1.807) is 40.0 Å². The minimum Gasteiger partial charge on any atom is -0.444 e. The van der Waals surface area contributed by atoms with Crippen LogP contribution in [-0.4, -0.2) is 76.1 Å². The molecule has 0 bridgehead atoms. The van der Waals surface area contributed by atoms with E-state index in [0.717, 1.165) is 20.9 Å². The molecule has 2 aliphatic rings. The van der Waals surface area contributed by atoms with Gasteiger partial charge >= 0.3 is 6.09 Å². The lowest BCUT2D eigenvalue weighted by molar-refractivity contribution is -0.149. The van der Waals surface area contributed by atoms with Gasteiger partial charge in [-0.25, -0.2) is 4.79 Å². The second-order valence-electron chi connectivity index (χ2n) is 10.8. The van der Waals surface area contributed by atoms with E-state index in [4.69, 9.17) is 10.5 Å². The molecule has 4 rings (SSSR count). The lowest BCUT2D eigenvalue weighted by atomic mass is 9.93. The average molecular weight is 523 g/mol. The number of nitrogens with zero attached hydrogens (tertiary/aromatic N) is 3. The molecule has 0 aromatic heterocycles. The maximum absolute atomic E-state index is 14.3. The lowest BCUT2D eigenvalue weighted by Gasteiger charge is -2.38. The van der Waals surface area contributed by atoms with Crippen LogP contribution < -0.4 is 10.6 Å². The molecule has 0 aliphatic carbocycles. The smallest absolute Gasteiger partial charge is 0.411 e. The zero-order valence-corrected chi connectivity index (χ0v) is 22.2. The molecule has 1 saturated heterocycles. The van der Waals surface area contributed by atoms with Crippen molar-refractivity contribution in [3.05, 3.63) is 54.1 Å². The molecule has 0 spiro atoms. The zero-order chi connectivity index (χ0) is 27.9. The number of carbonyl (C=O) groups excluding carboxylic acids is 4. The molecule has 38 heavy (non-hydrogen) atoms. The molecule has 3 N–H and O–H groups in total. The first-order chi connectivity index (χ1) is 17.8. The largest absolute Gasteiger partial charge is 0.444 e. The Hall–Kier alpha value is -3.92. The summed E-state index contributed by atoms with van der Waals surface area (Å²) in [6.07, 6.45) is -1.82. The van der Waals surface area contributed by atoms with Crippen molar-refractivity contribution in [1.82, 2.24) is 9.80 Å². The Morgan fingerprint density at radius 1 is 1.08 bits per heavy atom. The molecule has 1 fully saturated rings. The quantitative estimate of drug-likeness (QED) is 0.634. The number of hydrogen-bond acceptors (Lipinski definition) is 6. The fourth-order valence-electron chi connectivity index (χ4n) is 5.10. The van der Waals surface area contributed by atoms with Crippen LogP contribution in [-0.2, 0) is 19.1 Å². The Bertz CT molecular complexity index is 1270. The Morgan fingerprint density at radius 2 is 1.68 bits per heavy atom. The number of amides is 4. The van der Waals surface area contributed by atoms with Crippen LogP contribution in [0.2, 0.25) is 0 Å². The predicted octanol–water partition coefficient (Wildman–Crippen LogP) is 2.44. The van der Waals surface area contributed by atoms with Crippen LogP contribution in [0.1, 0.15) is 45.7 Å². The summed E-state index contributed by atoms with van der Waals surface area (Å²) in [5, 5.41) is 10.4. The maximum Gasteiger partial charge on any atom is 0.411 e. The summed E-state index contributed by atoms with van der Waals surface area (Å²) in [7, 11) is 1.62. The third kappa shape index (κ3) is 4.96. The summed E-state index contributed by atoms with van der Waals surface area (Å²) < 4.78 is 5.48. The third-order valence-electron chi connectivity index (χ3n) is 6.93. The van der Waals surface area contributed by atoms with Crippen molar-refractivity contribution in [2.45, 2.75) is 63.9 Å². The Morgan fingerprint density at radius 3 is 2.32 bits per heavy atom. The highest BCUT2D eigenvalue weighted by Crippen LogP contribution is 2.42. The SMILES string of the molecule is C[C@@H](C(N)=O)N(C(=O)[C@@H]1C[C@@H](O)CN1C(=O)OC(C)(C)C)[C@@H]1C(=O)N(C)c2ccccc2-c2ccccc21. The average Bonchev–Trinajstić information content (AvgIpc) is 3.23. The summed E-state index contributed by atoms with van der Waals surface area (Å²) >= 11 is 0. The second kappa shape index (κ2) is 10.1. The van der Waals surface area contributed by atoms with Crippen molar-refractivity contribution in [2.24, 2.45) is 5.73 Å². The van der Waals surface area contributed by atoms with Crippen molar-refractivity contribution in [3.63, 3.8) is 0 Å². The molecule has 2 heterocycles. The van der Waals surface area contributed by atoms with Crippen molar-refractivity contribution in [3.8, 4) is 11.1 Å². The number of likely N-dealkylation sites (tertiary alicyclic amines) is 1. The molecule has 2 aliphatic heterocycles. The van der Waals surface area contributed by atoms with E-state index < -0.39 is 53.6 Å². The first kappa shape index (κ1) is 27.1. The minimum absolute atomic E-state index is 0.0708. The number of likely N-dealkylation sites (N-methyl/N-ethyl adjacent to an activating group) is 1. The highest BCUT2D eigenvalue weighted by Gasteiger charge is 2.48. The van der Waals surface area contributed by atoms with Gasteiger partial charge in [0.2, 0.25) is 11.8 Å². The number of para-hydroxylation sites is 1. The summed E-state index contributed by atoms with van der Waals surface area (Å²) in [6.45, 7) is 6.43. The van der Waals surface area contributed by atoms with Gasteiger partial charge in [0.05, 0.1) is 18.3 Å². The number of hydrogen-bond donors (Lipinski definition) is 2. The van der Waals surface area contributed by atoms with Crippen LogP contribution in [0.5, 0.6) is 0 Å². The molecule has 202 valence electrons. The van der Waals surface area contributed by atoms with Crippen molar-refractivity contribution >= 4 is 29.5 Å². The van der Waals surface area contributed by atoms with Crippen molar-refractivity contribution < 1.29 is 29.0 Å². The number of anilines is 1. The van der Waals surface area contributed by atoms with Crippen LogP contribution in [0, 0.1) is 0 Å². The molecule has 2 aromatic carbocycles. The van der Waals surface area contributed by atoms with Crippen LogP contribution in [0.4, 0.5) is 10.5 Å². The van der Waals surface area contributed by atoms with Gasteiger partial charge in [-0.3, -0.25) is 19.3 Å². The van der Waals surface area contributed by atoms with Gasteiger partial charge in [-0.15, -0.1) is 0 Å². The summed E-state index contributed by atoms with van der Waals surface area (Å²) in [5.41, 5.74) is 7.57. The molecule has 0 saturated carbocycles. The number of fused-ring (bicyclic) bond motifs is 3. The molecule has 10 heteroatoms. The van der Waals surface area contributed by atoms with E-state index in [9.17, 15) is 24.3 Å². The Balaban J connectivity index is 1.84. The summed E-state index contributed by atoms with van der Waals surface area (Å²) in [6, 6.07) is 11.0. The lowest BCUT2D eigenvalue weighted by Crippen LogP contribution is -2.57. The number of primary amides is 1. The number of rotatable bonds is 4.